The molecule has 6 nitrogen and oxygen atoms in total. The molecule has 0 saturated heterocycles. The number of pyridine rings is 1. The Morgan fingerprint density at radius 2 is 1.82 bits per heavy atom. The van der Waals surface area contributed by atoms with E-state index in [0.29, 0.717) is 18.1 Å². The highest BCUT2D eigenvalue weighted by Gasteiger charge is 2.51. The molecule has 3 rings (SSSR count). The van der Waals surface area contributed by atoms with Gasteiger partial charge in [-0.1, -0.05) is 11.6 Å². The fraction of sp³-hybridized carbons (Fsp3) is 0.235. The number of nitrogens with one attached hydrogen (secondary N) is 1. The van der Waals surface area contributed by atoms with Crippen LogP contribution in [0.25, 0.3) is 16.9 Å². The molecule has 2 heterocycles. The van der Waals surface area contributed by atoms with Crippen LogP contribution >= 0.6 is 11.6 Å². The van der Waals surface area contributed by atoms with Crippen molar-refractivity contribution in [1.82, 2.24) is 14.5 Å². The lowest BCUT2D eigenvalue weighted by Gasteiger charge is -2.25. The minimum Gasteiger partial charge on any atom is -0.380 e. The van der Waals surface area contributed by atoms with E-state index >= 15 is 0 Å². The number of aromatic nitrogens is 3. The number of hydrogen-bond donors (Lipinski definition) is 2. The van der Waals surface area contributed by atoms with E-state index in [1.807, 2.05) is 0 Å². The molecule has 1 unspecified atom stereocenters. The van der Waals surface area contributed by atoms with Crippen molar-refractivity contribution in [3.8, 4) is 5.69 Å². The molecule has 1 amide bonds. The number of anilines is 1. The Bertz CT molecular complexity index is 1030. The first kappa shape index (κ1) is 20.0. The number of carbonyl (C=O) groups excluding carboxylic acids is 1. The average molecular weight is 417 g/mol. The minimum absolute atomic E-state index is 0.119. The largest absolute Gasteiger partial charge is 0.417 e. The van der Waals surface area contributed by atoms with Crippen LogP contribution in [0.4, 0.5) is 23.5 Å². The van der Waals surface area contributed by atoms with E-state index in [1.165, 1.54) is 28.8 Å². The molecule has 0 aliphatic heterocycles. The SMILES string of the molecule is CC(O)(CC(=O)Nc1nc2ccc(Cl)nc2n1-c1ccc(F)cc1)C(F)(F)F. The van der Waals surface area contributed by atoms with E-state index < -0.39 is 29.9 Å². The van der Waals surface area contributed by atoms with Crippen molar-refractivity contribution in [3.63, 3.8) is 0 Å². The third kappa shape index (κ3) is 3.92. The van der Waals surface area contributed by atoms with Crippen molar-refractivity contribution in [2.45, 2.75) is 25.1 Å². The van der Waals surface area contributed by atoms with Crippen molar-refractivity contribution < 1.29 is 27.5 Å². The fourth-order valence-electron chi connectivity index (χ4n) is 2.43. The summed E-state index contributed by atoms with van der Waals surface area (Å²) < 4.78 is 53.0. The smallest absolute Gasteiger partial charge is 0.380 e. The third-order valence-corrected chi connectivity index (χ3v) is 4.13. The van der Waals surface area contributed by atoms with Gasteiger partial charge in [-0.25, -0.2) is 14.4 Å². The van der Waals surface area contributed by atoms with Gasteiger partial charge in [-0.05, 0) is 43.3 Å². The third-order valence-electron chi connectivity index (χ3n) is 3.92. The molecular weight excluding hydrogens is 404 g/mol. The summed E-state index contributed by atoms with van der Waals surface area (Å²) in [6.45, 7) is 0.497. The maximum atomic E-state index is 13.2. The van der Waals surface area contributed by atoms with Gasteiger partial charge < -0.3 is 5.11 Å². The zero-order valence-electron chi connectivity index (χ0n) is 14.3. The Kier molecular flexibility index (Phi) is 5.02. The van der Waals surface area contributed by atoms with E-state index in [4.69, 9.17) is 11.6 Å². The van der Waals surface area contributed by atoms with Gasteiger partial charge in [0.15, 0.2) is 11.2 Å². The van der Waals surface area contributed by atoms with Crippen molar-refractivity contribution >= 4 is 34.6 Å². The van der Waals surface area contributed by atoms with Crippen molar-refractivity contribution in [3.05, 3.63) is 47.4 Å². The Labute approximate surface area is 160 Å². The van der Waals surface area contributed by atoms with E-state index in [9.17, 15) is 27.5 Å². The van der Waals surface area contributed by atoms with Crippen LogP contribution in [0.15, 0.2) is 36.4 Å². The first-order valence-electron chi connectivity index (χ1n) is 7.88. The van der Waals surface area contributed by atoms with E-state index in [2.05, 4.69) is 15.3 Å². The van der Waals surface area contributed by atoms with Crippen LogP contribution in [0.2, 0.25) is 5.15 Å². The molecule has 0 radical (unpaired) electrons. The average Bonchev–Trinajstić information content (AvgIpc) is 2.91. The number of fused-ring (bicyclic) bond motifs is 1. The molecular formula is C17H13ClF4N4O2. The first-order valence-corrected chi connectivity index (χ1v) is 8.26. The number of amides is 1. The van der Waals surface area contributed by atoms with Gasteiger partial charge in [0, 0.05) is 0 Å². The lowest BCUT2D eigenvalue weighted by Crippen LogP contribution is -2.45. The Morgan fingerprint density at radius 1 is 1.18 bits per heavy atom. The zero-order valence-corrected chi connectivity index (χ0v) is 15.0. The highest BCUT2D eigenvalue weighted by molar-refractivity contribution is 6.29. The highest BCUT2D eigenvalue weighted by atomic mass is 35.5. The van der Waals surface area contributed by atoms with Crippen LogP contribution in [-0.2, 0) is 4.79 Å². The second-order valence-electron chi connectivity index (χ2n) is 6.22. The molecule has 0 aliphatic rings. The molecule has 1 aromatic carbocycles. The molecule has 3 aromatic rings. The molecule has 148 valence electrons. The number of hydrogen-bond acceptors (Lipinski definition) is 4. The first-order chi connectivity index (χ1) is 13.0. The quantitative estimate of drug-likeness (QED) is 0.500. The second-order valence-corrected chi connectivity index (χ2v) is 6.61. The maximum Gasteiger partial charge on any atom is 0.417 e. The summed E-state index contributed by atoms with van der Waals surface area (Å²) in [5, 5.41) is 11.9. The number of carbonyl (C=O) groups is 1. The number of imidazole rings is 1. The number of alkyl halides is 3. The molecule has 11 heteroatoms. The van der Waals surface area contributed by atoms with Crippen molar-refractivity contribution in [2.24, 2.45) is 0 Å². The molecule has 28 heavy (non-hydrogen) atoms. The summed E-state index contributed by atoms with van der Waals surface area (Å²) in [6, 6.07) is 8.02. The van der Waals surface area contributed by atoms with Crippen LogP contribution in [0.3, 0.4) is 0 Å². The van der Waals surface area contributed by atoms with Crippen molar-refractivity contribution in [2.75, 3.05) is 5.32 Å². The van der Waals surface area contributed by atoms with Gasteiger partial charge in [0.05, 0.1) is 12.1 Å². The van der Waals surface area contributed by atoms with E-state index in [1.54, 1.807) is 0 Å². The summed E-state index contributed by atoms with van der Waals surface area (Å²) >= 11 is 5.90. The normalized spacial score (nSPS) is 14.1. The zero-order chi connectivity index (χ0) is 20.7. The van der Waals surface area contributed by atoms with Gasteiger partial charge in [0.2, 0.25) is 11.9 Å². The van der Waals surface area contributed by atoms with Gasteiger partial charge in [-0.15, -0.1) is 0 Å². The van der Waals surface area contributed by atoms with Gasteiger partial charge in [0.1, 0.15) is 16.5 Å². The maximum absolute atomic E-state index is 13.2. The molecule has 0 bridgehead atoms. The van der Waals surface area contributed by atoms with Crippen LogP contribution in [0, 0.1) is 5.82 Å². The molecule has 2 N–H and O–H groups in total. The molecule has 0 saturated carbocycles. The van der Waals surface area contributed by atoms with Crippen LogP contribution in [0.1, 0.15) is 13.3 Å². The lowest BCUT2D eigenvalue weighted by atomic mass is 10.0. The second kappa shape index (κ2) is 7.02. The Morgan fingerprint density at radius 3 is 2.43 bits per heavy atom. The van der Waals surface area contributed by atoms with E-state index in [0.717, 1.165) is 12.1 Å². The monoisotopic (exact) mass is 416 g/mol. The Hall–Kier alpha value is -2.72. The van der Waals surface area contributed by atoms with Gasteiger partial charge >= 0.3 is 6.18 Å². The summed E-state index contributed by atoms with van der Waals surface area (Å²) in [6.07, 6.45) is -6.23. The van der Waals surface area contributed by atoms with Crippen molar-refractivity contribution in [1.29, 1.82) is 0 Å². The molecule has 2 aromatic heterocycles. The molecule has 0 spiro atoms. The molecule has 0 fully saturated rings. The number of nitrogens with zero attached hydrogens (tertiary/aromatic N) is 3. The van der Waals surface area contributed by atoms with Crippen LogP contribution in [-0.4, -0.2) is 37.3 Å². The summed E-state index contributed by atoms with van der Waals surface area (Å²) in [5.41, 5.74) is -2.37. The molecule has 1 atom stereocenters. The topological polar surface area (TPSA) is 80.0 Å². The summed E-state index contributed by atoms with van der Waals surface area (Å²) in [5.74, 6) is -1.78. The molecule has 0 aliphatic carbocycles. The van der Waals surface area contributed by atoms with Gasteiger partial charge in [-0.2, -0.15) is 13.2 Å². The highest BCUT2D eigenvalue weighted by Crippen LogP contribution is 2.33. The minimum atomic E-state index is -4.99. The predicted molar refractivity (Wildman–Crippen MR) is 93.8 cm³/mol. The lowest BCUT2D eigenvalue weighted by molar-refractivity contribution is -0.252. The van der Waals surface area contributed by atoms with Crippen LogP contribution < -0.4 is 5.32 Å². The predicted octanol–water partition coefficient (Wildman–Crippen LogP) is 3.85. The summed E-state index contributed by atoms with van der Waals surface area (Å²) in [4.78, 5) is 20.4. The van der Waals surface area contributed by atoms with E-state index in [-0.39, 0.29) is 16.7 Å². The van der Waals surface area contributed by atoms with Gasteiger partial charge in [-0.3, -0.25) is 14.7 Å². The fourth-order valence-corrected chi connectivity index (χ4v) is 2.58. The number of aliphatic hydroxyl groups is 1. The summed E-state index contributed by atoms with van der Waals surface area (Å²) in [7, 11) is 0. The number of benzene rings is 1. The number of halogens is 5. The standard InChI is InChI=1S/C17H13ClF4N4O2/c1-16(28,17(20,21)22)8-13(27)25-15-23-11-6-7-12(18)24-14(11)26(15)10-4-2-9(19)3-5-10/h2-7,28H,8H2,1H3,(H,23,25,27). The Balaban J connectivity index is 2.02. The van der Waals surface area contributed by atoms with Crippen LogP contribution in [0.5, 0.6) is 0 Å². The number of rotatable bonds is 4. The van der Waals surface area contributed by atoms with Gasteiger partial charge in [0.25, 0.3) is 0 Å².